The van der Waals surface area contributed by atoms with Crippen LogP contribution in [0.15, 0.2) is 24.3 Å². The van der Waals surface area contributed by atoms with Gasteiger partial charge in [-0.05, 0) is 43.5 Å². The molecule has 0 bridgehead atoms. The highest BCUT2D eigenvalue weighted by molar-refractivity contribution is 5.77. The van der Waals surface area contributed by atoms with Gasteiger partial charge in [0.05, 0.1) is 7.11 Å². The Bertz CT molecular complexity index is 456. The molecule has 1 amide bonds. The highest BCUT2D eigenvalue weighted by Crippen LogP contribution is 2.16. The third-order valence-electron chi connectivity index (χ3n) is 4.02. The number of carbonyl (C=O) groups excluding carboxylic acids is 1. The first-order chi connectivity index (χ1) is 10.2. The topological polar surface area (TPSA) is 41.6 Å². The SMILES string of the molecule is CCCN(C(=O)CCc1cccc(OC)c1)C1CCNC1. The van der Waals surface area contributed by atoms with Crippen molar-refractivity contribution >= 4 is 5.91 Å². The van der Waals surface area contributed by atoms with Gasteiger partial charge in [-0.25, -0.2) is 0 Å². The van der Waals surface area contributed by atoms with Gasteiger partial charge in [-0.2, -0.15) is 0 Å². The summed E-state index contributed by atoms with van der Waals surface area (Å²) in [5.41, 5.74) is 1.16. The molecule has 1 aliphatic heterocycles. The summed E-state index contributed by atoms with van der Waals surface area (Å²) in [4.78, 5) is 14.6. The molecule has 4 heteroatoms. The molecule has 116 valence electrons. The molecular formula is C17H26N2O2. The second-order valence-electron chi connectivity index (χ2n) is 5.59. The molecule has 21 heavy (non-hydrogen) atoms. The van der Waals surface area contributed by atoms with Crippen LogP contribution in [0.3, 0.4) is 0 Å². The van der Waals surface area contributed by atoms with Crippen LogP contribution in [0.2, 0.25) is 0 Å². The molecule has 0 radical (unpaired) electrons. The predicted molar refractivity (Wildman–Crippen MR) is 84.6 cm³/mol. The second-order valence-corrected chi connectivity index (χ2v) is 5.59. The van der Waals surface area contributed by atoms with E-state index in [4.69, 9.17) is 4.74 Å². The minimum absolute atomic E-state index is 0.272. The molecule has 1 fully saturated rings. The zero-order chi connectivity index (χ0) is 15.1. The third kappa shape index (κ3) is 4.46. The first-order valence-corrected chi connectivity index (χ1v) is 7.87. The molecule has 1 unspecified atom stereocenters. The van der Waals surface area contributed by atoms with Crippen LogP contribution in [0.1, 0.15) is 31.7 Å². The number of methoxy groups -OCH3 is 1. The fourth-order valence-electron chi connectivity index (χ4n) is 2.88. The second kappa shape index (κ2) is 8.03. The summed E-state index contributed by atoms with van der Waals surface area (Å²) >= 11 is 0. The molecule has 1 heterocycles. The van der Waals surface area contributed by atoms with Crippen LogP contribution < -0.4 is 10.1 Å². The number of rotatable bonds is 7. The van der Waals surface area contributed by atoms with E-state index < -0.39 is 0 Å². The standard InChI is InChI=1S/C17H26N2O2/c1-3-11-19(15-9-10-18-13-15)17(20)8-7-14-5-4-6-16(12-14)21-2/h4-6,12,15,18H,3,7-11,13H2,1-2H3. The van der Waals surface area contributed by atoms with Gasteiger partial charge < -0.3 is 15.0 Å². The lowest BCUT2D eigenvalue weighted by molar-refractivity contribution is -0.133. The molecule has 1 saturated heterocycles. The van der Waals surface area contributed by atoms with Gasteiger partial charge in [0.2, 0.25) is 5.91 Å². The van der Waals surface area contributed by atoms with E-state index in [1.54, 1.807) is 7.11 Å². The lowest BCUT2D eigenvalue weighted by Crippen LogP contribution is -2.42. The molecule has 0 aromatic heterocycles. The molecule has 2 rings (SSSR count). The van der Waals surface area contributed by atoms with Crippen LogP contribution in [0.5, 0.6) is 5.75 Å². The van der Waals surface area contributed by atoms with Gasteiger partial charge in [0, 0.05) is 25.6 Å². The van der Waals surface area contributed by atoms with Crippen LogP contribution >= 0.6 is 0 Å². The van der Waals surface area contributed by atoms with Crippen LogP contribution in [0.25, 0.3) is 0 Å². The molecule has 4 nitrogen and oxygen atoms in total. The van der Waals surface area contributed by atoms with Gasteiger partial charge >= 0.3 is 0 Å². The Labute approximate surface area is 127 Å². The maximum Gasteiger partial charge on any atom is 0.223 e. The quantitative estimate of drug-likeness (QED) is 0.837. The van der Waals surface area contributed by atoms with Crippen molar-refractivity contribution in [1.29, 1.82) is 0 Å². The highest BCUT2D eigenvalue weighted by Gasteiger charge is 2.25. The van der Waals surface area contributed by atoms with Crippen molar-refractivity contribution in [1.82, 2.24) is 10.2 Å². The van der Waals surface area contributed by atoms with Crippen molar-refractivity contribution in [3.05, 3.63) is 29.8 Å². The Morgan fingerprint density at radius 1 is 1.48 bits per heavy atom. The van der Waals surface area contributed by atoms with Gasteiger partial charge in [-0.15, -0.1) is 0 Å². The van der Waals surface area contributed by atoms with E-state index >= 15 is 0 Å². The van der Waals surface area contributed by atoms with Crippen LogP contribution in [-0.4, -0.2) is 43.6 Å². The van der Waals surface area contributed by atoms with Crippen LogP contribution in [0, 0.1) is 0 Å². The molecule has 1 aromatic carbocycles. The molecule has 1 atom stereocenters. The Balaban J connectivity index is 1.91. The average molecular weight is 290 g/mol. The lowest BCUT2D eigenvalue weighted by atomic mass is 10.1. The van der Waals surface area contributed by atoms with Gasteiger partial charge in [-0.1, -0.05) is 19.1 Å². The lowest BCUT2D eigenvalue weighted by Gasteiger charge is -2.28. The van der Waals surface area contributed by atoms with E-state index in [-0.39, 0.29) is 5.91 Å². The number of amides is 1. The minimum atomic E-state index is 0.272. The van der Waals surface area contributed by atoms with Crippen molar-refractivity contribution in [3.8, 4) is 5.75 Å². The number of nitrogens with one attached hydrogen (secondary N) is 1. The molecule has 1 aromatic rings. The van der Waals surface area contributed by atoms with Crippen molar-refractivity contribution in [3.63, 3.8) is 0 Å². The monoisotopic (exact) mass is 290 g/mol. The van der Waals surface area contributed by atoms with Gasteiger partial charge in [0.1, 0.15) is 5.75 Å². The van der Waals surface area contributed by atoms with Crippen molar-refractivity contribution in [2.24, 2.45) is 0 Å². The van der Waals surface area contributed by atoms with E-state index in [1.807, 2.05) is 18.2 Å². The van der Waals surface area contributed by atoms with Crippen molar-refractivity contribution in [2.45, 2.75) is 38.6 Å². The Hall–Kier alpha value is -1.55. The summed E-state index contributed by atoms with van der Waals surface area (Å²) in [5.74, 6) is 1.12. The number of benzene rings is 1. The van der Waals surface area contributed by atoms with Crippen molar-refractivity contribution < 1.29 is 9.53 Å². The van der Waals surface area contributed by atoms with E-state index in [1.165, 1.54) is 0 Å². The zero-order valence-electron chi connectivity index (χ0n) is 13.1. The number of hydrogen-bond acceptors (Lipinski definition) is 3. The number of aryl methyl sites for hydroxylation is 1. The summed E-state index contributed by atoms with van der Waals surface area (Å²) in [7, 11) is 1.67. The van der Waals surface area contributed by atoms with E-state index in [9.17, 15) is 4.79 Å². The summed E-state index contributed by atoms with van der Waals surface area (Å²) in [6.45, 7) is 4.95. The van der Waals surface area contributed by atoms with Gasteiger partial charge in [-0.3, -0.25) is 4.79 Å². The normalized spacial score (nSPS) is 17.7. The summed E-state index contributed by atoms with van der Waals surface area (Å²) in [5, 5.41) is 3.34. The number of carbonyl (C=O) groups is 1. The third-order valence-corrected chi connectivity index (χ3v) is 4.02. The first-order valence-electron chi connectivity index (χ1n) is 7.87. The van der Waals surface area contributed by atoms with Crippen LogP contribution in [0.4, 0.5) is 0 Å². The highest BCUT2D eigenvalue weighted by atomic mass is 16.5. The largest absolute Gasteiger partial charge is 0.497 e. The predicted octanol–water partition coefficient (Wildman–Crippen LogP) is 2.23. The Kier molecular flexibility index (Phi) is 6.05. The smallest absolute Gasteiger partial charge is 0.223 e. The summed E-state index contributed by atoms with van der Waals surface area (Å²) < 4.78 is 5.23. The zero-order valence-corrected chi connectivity index (χ0v) is 13.1. The average Bonchev–Trinajstić information content (AvgIpc) is 3.04. The molecule has 0 aliphatic carbocycles. The Morgan fingerprint density at radius 2 is 2.33 bits per heavy atom. The van der Waals surface area contributed by atoms with E-state index in [0.717, 1.165) is 50.2 Å². The Morgan fingerprint density at radius 3 is 3.00 bits per heavy atom. The fourth-order valence-corrected chi connectivity index (χ4v) is 2.88. The van der Waals surface area contributed by atoms with E-state index in [0.29, 0.717) is 12.5 Å². The number of hydrogen-bond donors (Lipinski definition) is 1. The van der Waals surface area contributed by atoms with Gasteiger partial charge in [0.25, 0.3) is 0 Å². The number of nitrogens with zero attached hydrogens (tertiary/aromatic N) is 1. The fraction of sp³-hybridized carbons (Fsp3) is 0.588. The maximum atomic E-state index is 12.5. The minimum Gasteiger partial charge on any atom is -0.497 e. The van der Waals surface area contributed by atoms with E-state index in [2.05, 4.69) is 23.2 Å². The first kappa shape index (κ1) is 15.8. The van der Waals surface area contributed by atoms with Crippen molar-refractivity contribution in [2.75, 3.05) is 26.7 Å². The van der Waals surface area contributed by atoms with Gasteiger partial charge in [0.15, 0.2) is 0 Å². The van der Waals surface area contributed by atoms with Crippen LogP contribution in [-0.2, 0) is 11.2 Å². The molecule has 1 aliphatic rings. The molecule has 0 saturated carbocycles. The number of ether oxygens (including phenoxy) is 1. The summed E-state index contributed by atoms with van der Waals surface area (Å²) in [6.07, 6.45) is 3.44. The summed E-state index contributed by atoms with van der Waals surface area (Å²) in [6, 6.07) is 8.34. The maximum absolute atomic E-state index is 12.5. The molecule has 0 spiro atoms. The molecule has 1 N–H and O–H groups in total. The molecular weight excluding hydrogens is 264 g/mol.